The molecule has 0 fully saturated rings. The lowest BCUT2D eigenvalue weighted by molar-refractivity contribution is -0.142. The highest BCUT2D eigenvalue weighted by Gasteiger charge is 2.34. The van der Waals surface area contributed by atoms with Gasteiger partial charge in [-0.25, -0.2) is 0 Å². The molecular weight excluding hydrogens is 248 g/mol. The van der Waals surface area contributed by atoms with Crippen molar-refractivity contribution in [3.05, 3.63) is 23.9 Å². The molecule has 104 valence electrons. The van der Waals surface area contributed by atoms with Gasteiger partial charge in [0.15, 0.2) is 0 Å². The molecule has 0 aromatic carbocycles. The number of ether oxygens (including phenoxy) is 1. The standard InChI is InChI=1S/C13H18N2O4/c1-3-10(18-2)11-14-12(19-15-11)8-6-4-5-7-9(8)13(16)17/h4-5,8-10H,3,6-7H2,1-2H3,(H,16,17)/t8-,9+,10?/m1/s1. The van der Waals surface area contributed by atoms with Gasteiger partial charge in [-0.3, -0.25) is 4.79 Å². The van der Waals surface area contributed by atoms with E-state index in [-0.39, 0.29) is 12.0 Å². The lowest BCUT2D eigenvalue weighted by Gasteiger charge is -2.21. The lowest BCUT2D eigenvalue weighted by Crippen LogP contribution is -2.23. The Balaban J connectivity index is 2.21. The van der Waals surface area contributed by atoms with Crippen LogP contribution in [0.15, 0.2) is 16.7 Å². The normalized spacial score (nSPS) is 24.3. The van der Waals surface area contributed by atoms with Gasteiger partial charge in [-0.1, -0.05) is 24.2 Å². The van der Waals surface area contributed by atoms with E-state index in [2.05, 4.69) is 10.1 Å². The average molecular weight is 266 g/mol. The predicted octanol–water partition coefficient (Wildman–Crippen LogP) is 2.30. The van der Waals surface area contributed by atoms with Gasteiger partial charge >= 0.3 is 5.97 Å². The van der Waals surface area contributed by atoms with Crippen molar-refractivity contribution in [2.24, 2.45) is 5.92 Å². The first-order chi connectivity index (χ1) is 9.17. The first-order valence-electron chi connectivity index (χ1n) is 6.41. The molecule has 19 heavy (non-hydrogen) atoms. The molecule has 0 radical (unpaired) electrons. The van der Waals surface area contributed by atoms with Gasteiger partial charge in [-0.15, -0.1) is 0 Å². The molecule has 0 saturated carbocycles. The molecule has 3 atom stereocenters. The zero-order valence-corrected chi connectivity index (χ0v) is 11.1. The number of allylic oxidation sites excluding steroid dienone is 2. The minimum atomic E-state index is -0.826. The predicted molar refractivity (Wildman–Crippen MR) is 66.6 cm³/mol. The summed E-state index contributed by atoms with van der Waals surface area (Å²) in [4.78, 5) is 15.6. The minimum Gasteiger partial charge on any atom is -0.481 e. The van der Waals surface area contributed by atoms with E-state index in [0.717, 1.165) is 6.42 Å². The van der Waals surface area contributed by atoms with Crippen LogP contribution < -0.4 is 0 Å². The summed E-state index contributed by atoms with van der Waals surface area (Å²) < 4.78 is 10.5. The molecule has 1 aromatic heterocycles. The van der Waals surface area contributed by atoms with Crippen LogP contribution in [0, 0.1) is 5.92 Å². The Morgan fingerprint density at radius 2 is 2.32 bits per heavy atom. The van der Waals surface area contributed by atoms with Gasteiger partial charge < -0.3 is 14.4 Å². The van der Waals surface area contributed by atoms with Gasteiger partial charge in [0, 0.05) is 7.11 Å². The quantitative estimate of drug-likeness (QED) is 0.823. The summed E-state index contributed by atoms with van der Waals surface area (Å²) in [6.45, 7) is 1.97. The van der Waals surface area contributed by atoms with Crippen LogP contribution in [0.5, 0.6) is 0 Å². The van der Waals surface area contributed by atoms with Crippen LogP contribution in [0.4, 0.5) is 0 Å². The molecular formula is C13H18N2O4. The summed E-state index contributed by atoms with van der Waals surface area (Å²) in [5, 5.41) is 13.1. The van der Waals surface area contributed by atoms with E-state index in [1.165, 1.54) is 0 Å². The number of aromatic nitrogens is 2. The fourth-order valence-corrected chi connectivity index (χ4v) is 2.34. The Bertz CT molecular complexity index is 465. The molecule has 6 heteroatoms. The van der Waals surface area contributed by atoms with Crippen molar-refractivity contribution in [3.63, 3.8) is 0 Å². The second kappa shape index (κ2) is 5.97. The molecule has 1 unspecified atom stereocenters. The van der Waals surface area contributed by atoms with Crippen molar-refractivity contribution in [2.75, 3.05) is 7.11 Å². The lowest BCUT2D eigenvalue weighted by atomic mass is 9.83. The SMILES string of the molecule is CCC(OC)c1noc([C@@H]2CC=CC[C@@H]2C(=O)O)n1. The smallest absolute Gasteiger partial charge is 0.307 e. The van der Waals surface area contributed by atoms with Crippen LogP contribution in [0.1, 0.15) is 49.9 Å². The van der Waals surface area contributed by atoms with Gasteiger partial charge in [0.1, 0.15) is 6.10 Å². The molecule has 1 aliphatic carbocycles. The van der Waals surface area contributed by atoms with E-state index in [9.17, 15) is 9.90 Å². The van der Waals surface area contributed by atoms with Crippen molar-refractivity contribution in [2.45, 2.75) is 38.2 Å². The molecule has 6 nitrogen and oxygen atoms in total. The van der Waals surface area contributed by atoms with Crippen LogP contribution in [0.25, 0.3) is 0 Å². The van der Waals surface area contributed by atoms with E-state index in [0.29, 0.717) is 24.6 Å². The first kappa shape index (κ1) is 13.7. The number of rotatable bonds is 5. The van der Waals surface area contributed by atoms with Gasteiger partial charge in [0.2, 0.25) is 11.7 Å². The van der Waals surface area contributed by atoms with Crippen LogP contribution >= 0.6 is 0 Å². The fraction of sp³-hybridized carbons (Fsp3) is 0.615. The second-order valence-corrected chi connectivity index (χ2v) is 4.62. The van der Waals surface area contributed by atoms with Crippen molar-refractivity contribution in [3.8, 4) is 0 Å². The van der Waals surface area contributed by atoms with Crippen molar-refractivity contribution < 1.29 is 19.2 Å². The van der Waals surface area contributed by atoms with Gasteiger partial charge in [-0.05, 0) is 19.3 Å². The van der Waals surface area contributed by atoms with Gasteiger partial charge in [0.25, 0.3) is 0 Å². The summed E-state index contributed by atoms with van der Waals surface area (Å²) in [5.74, 6) is -0.701. The molecule has 1 aliphatic rings. The van der Waals surface area contributed by atoms with E-state index in [4.69, 9.17) is 9.26 Å². The van der Waals surface area contributed by atoms with Crippen molar-refractivity contribution in [1.82, 2.24) is 10.1 Å². The topological polar surface area (TPSA) is 85.5 Å². The number of carboxylic acids is 1. The van der Waals surface area contributed by atoms with E-state index in [1.807, 2.05) is 19.1 Å². The zero-order valence-electron chi connectivity index (χ0n) is 11.1. The highest BCUT2D eigenvalue weighted by Crippen LogP contribution is 2.34. The number of nitrogens with zero attached hydrogens (tertiary/aromatic N) is 2. The van der Waals surface area contributed by atoms with Gasteiger partial charge in [-0.2, -0.15) is 4.98 Å². The molecule has 2 rings (SSSR count). The largest absolute Gasteiger partial charge is 0.481 e. The Morgan fingerprint density at radius 1 is 1.58 bits per heavy atom. The number of hydrogen-bond donors (Lipinski definition) is 1. The highest BCUT2D eigenvalue weighted by atomic mass is 16.5. The van der Waals surface area contributed by atoms with Gasteiger partial charge in [0.05, 0.1) is 11.8 Å². The maximum atomic E-state index is 11.2. The molecule has 1 N–H and O–H groups in total. The minimum absolute atomic E-state index is 0.208. The fourth-order valence-electron chi connectivity index (χ4n) is 2.34. The number of methoxy groups -OCH3 is 1. The molecule has 1 heterocycles. The molecule has 0 spiro atoms. The number of carbonyl (C=O) groups is 1. The molecule has 1 aromatic rings. The third-order valence-corrected chi connectivity index (χ3v) is 3.47. The maximum Gasteiger partial charge on any atom is 0.307 e. The highest BCUT2D eigenvalue weighted by molar-refractivity contribution is 5.71. The average Bonchev–Trinajstić information content (AvgIpc) is 2.89. The molecule has 0 amide bonds. The Kier molecular flexibility index (Phi) is 4.31. The van der Waals surface area contributed by atoms with E-state index < -0.39 is 11.9 Å². The van der Waals surface area contributed by atoms with Crippen LogP contribution in [-0.4, -0.2) is 28.3 Å². The second-order valence-electron chi connectivity index (χ2n) is 4.62. The summed E-state index contributed by atoms with van der Waals surface area (Å²) in [7, 11) is 1.59. The third kappa shape index (κ3) is 2.84. The summed E-state index contributed by atoms with van der Waals surface area (Å²) in [6.07, 6.45) is 5.49. The van der Waals surface area contributed by atoms with Crippen LogP contribution in [0.2, 0.25) is 0 Å². The first-order valence-corrected chi connectivity index (χ1v) is 6.41. The third-order valence-electron chi connectivity index (χ3n) is 3.47. The monoisotopic (exact) mass is 266 g/mol. The number of carboxylic acid groups (broad SMARTS) is 1. The Morgan fingerprint density at radius 3 is 2.95 bits per heavy atom. The summed E-state index contributed by atoms with van der Waals surface area (Å²) in [6, 6.07) is 0. The summed E-state index contributed by atoms with van der Waals surface area (Å²) >= 11 is 0. The maximum absolute atomic E-state index is 11.2. The van der Waals surface area contributed by atoms with E-state index >= 15 is 0 Å². The molecule has 0 bridgehead atoms. The number of hydrogen-bond acceptors (Lipinski definition) is 5. The van der Waals surface area contributed by atoms with Crippen LogP contribution in [-0.2, 0) is 9.53 Å². The zero-order chi connectivity index (χ0) is 13.8. The van der Waals surface area contributed by atoms with Crippen molar-refractivity contribution >= 4 is 5.97 Å². The van der Waals surface area contributed by atoms with Crippen LogP contribution in [0.3, 0.4) is 0 Å². The Labute approximate surface area is 111 Å². The number of aliphatic carboxylic acids is 1. The molecule has 0 aliphatic heterocycles. The Hall–Kier alpha value is -1.69. The van der Waals surface area contributed by atoms with Crippen molar-refractivity contribution in [1.29, 1.82) is 0 Å². The summed E-state index contributed by atoms with van der Waals surface area (Å²) in [5.41, 5.74) is 0. The molecule has 0 saturated heterocycles. The van der Waals surface area contributed by atoms with E-state index in [1.54, 1.807) is 7.11 Å².